The number of hydrogen-bond donors (Lipinski definition) is 2. The number of hydrogen-bond acceptors (Lipinski definition) is 6. The van der Waals surface area contributed by atoms with Crippen molar-refractivity contribution in [3.63, 3.8) is 0 Å². The molecule has 0 radical (unpaired) electrons. The Kier molecular flexibility index (Phi) is 5.77. The third-order valence-electron chi connectivity index (χ3n) is 5.07. The van der Waals surface area contributed by atoms with Crippen molar-refractivity contribution >= 4 is 33.2 Å². The van der Waals surface area contributed by atoms with Crippen LogP contribution in [0.4, 0.5) is 27.5 Å². The van der Waals surface area contributed by atoms with Crippen LogP contribution in [-0.2, 0) is 10.0 Å². The van der Waals surface area contributed by atoms with Crippen LogP contribution in [0.2, 0.25) is 0 Å². The minimum absolute atomic E-state index is 0.0435. The Morgan fingerprint density at radius 2 is 1.61 bits per heavy atom. The average molecular weight is 442 g/mol. The minimum atomic E-state index is -3.82. The SMILES string of the molecule is Cc1cc(Nc2ccc(NS(=O)(=O)c3ccc(F)cc3C)cc2)nc(N2CCCC2)n1. The van der Waals surface area contributed by atoms with Gasteiger partial charge in [0.2, 0.25) is 5.95 Å². The van der Waals surface area contributed by atoms with E-state index < -0.39 is 15.8 Å². The zero-order valence-corrected chi connectivity index (χ0v) is 18.2. The maximum atomic E-state index is 13.3. The molecule has 2 aromatic carbocycles. The van der Waals surface area contributed by atoms with Gasteiger partial charge in [-0.05, 0) is 74.7 Å². The Labute approximate surface area is 181 Å². The van der Waals surface area contributed by atoms with Crippen molar-refractivity contribution < 1.29 is 12.8 Å². The first kappa shape index (κ1) is 21.0. The highest BCUT2D eigenvalue weighted by Crippen LogP contribution is 2.24. The summed E-state index contributed by atoms with van der Waals surface area (Å²) in [5.41, 5.74) is 2.40. The Morgan fingerprint density at radius 1 is 0.935 bits per heavy atom. The second-order valence-corrected chi connectivity index (χ2v) is 9.26. The van der Waals surface area contributed by atoms with Crippen LogP contribution in [-0.4, -0.2) is 31.5 Å². The van der Waals surface area contributed by atoms with Crippen LogP contribution >= 0.6 is 0 Å². The van der Waals surface area contributed by atoms with E-state index in [2.05, 4.69) is 24.9 Å². The van der Waals surface area contributed by atoms with Gasteiger partial charge in [-0.25, -0.2) is 17.8 Å². The monoisotopic (exact) mass is 441 g/mol. The number of nitrogens with zero attached hydrogens (tertiary/aromatic N) is 3. The predicted molar refractivity (Wildman–Crippen MR) is 120 cm³/mol. The highest BCUT2D eigenvalue weighted by molar-refractivity contribution is 7.92. The molecule has 0 bridgehead atoms. The summed E-state index contributed by atoms with van der Waals surface area (Å²) < 4.78 is 41.1. The maximum Gasteiger partial charge on any atom is 0.262 e. The first-order chi connectivity index (χ1) is 14.8. The Balaban J connectivity index is 1.48. The molecule has 2 N–H and O–H groups in total. The van der Waals surface area contributed by atoms with E-state index in [-0.39, 0.29) is 4.90 Å². The summed E-state index contributed by atoms with van der Waals surface area (Å²) in [4.78, 5) is 11.4. The van der Waals surface area contributed by atoms with Crippen molar-refractivity contribution in [1.29, 1.82) is 0 Å². The molecular weight excluding hydrogens is 417 g/mol. The van der Waals surface area contributed by atoms with E-state index in [4.69, 9.17) is 0 Å². The van der Waals surface area contributed by atoms with Crippen LogP contribution in [0.1, 0.15) is 24.1 Å². The fourth-order valence-corrected chi connectivity index (χ4v) is 4.86. The molecule has 4 rings (SSSR count). The molecule has 3 aromatic rings. The first-order valence-corrected chi connectivity index (χ1v) is 11.6. The first-order valence-electron chi connectivity index (χ1n) is 10.1. The van der Waals surface area contributed by atoms with Crippen LogP contribution in [0.25, 0.3) is 0 Å². The molecule has 1 aliphatic heterocycles. The molecule has 31 heavy (non-hydrogen) atoms. The van der Waals surface area contributed by atoms with E-state index in [1.165, 1.54) is 12.1 Å². The number of benzene rings is 2. The molecule has 0 atom stereocenters. The number of rotatable bonds is 6. The summed E-state index contributed by atoms with van der Waals surface area (Å²) in [6, 6.07) is 12.3. The second-order valence-electron chi connectivity index (χ2n) is 7.61. The van der Waals surface area contributed by atoms with Crippen LogP contribution in [0.15, 0.2) is 53.4 Å². The van der Waals surface area contributed by atoms with Gasteiger partial charge in [-0.1, -0.05) is 0 Å². The summed E-state index contributed by atoms with van der Waals surface area (Å²) in [5, 5.41) is 3.25. The molecule has 1 saturated heterocycles. The quantitative estimate of drug-likeness (QED) is 0.590. The van der Waals surface area contributed by atoms with E-state index in [0.717, 1.165) is 49.3 Å². The number of sulfonamides is 1. The zero-order valence-electron chi connectivity index (χ0n) is 17.4. The van der Waals surface area contributed by atoms with Crippen molar-refractivity contribution in [3.05, 3.63) is 65.6 Å². The maximum absolute atomic E-state index is 13.3. The van der Waals surface area contributed by atoms with Crippen LogP contribution < -0.4 is 14.9 Å². The molecule has 162 valence electrons. The van der Waals surface area contributed by atoms with E-state index >= 15 is 0 Å². The van der Waals surface area contributed by atoms with Gasteiger partial charge >= 0.3 is 0 Å². The van der Waals surface area contributed by atoms with Gasteiger partial charge in [0.15, 0.2) is 0 Å². The molecule has 0 saturated carbocycles. The van der Waals surface area contributed by atoms with Crippen molar-refractivity contribution in [2.45, 2.75) is 31.6 Å². The van der Waals surface area contributed by atoms with Gasteiger partial charge in [0.05, 0.1) is 4.90 Å². The Hall–Kier alpha value is -3.20. The fourth-order valence-electron chi connectivity index (χ4n) is 3.57. The molecule has 0 amide bonds. The lowest BCUT2D eigenvalue weighted by Crippen LogP contribution is -2.21. The van der Waals surface area contributed by atoms with Gasteiger partial charge in [-0.2, -0.15) is 4.98 Å². The summed E-state index contributed by atoms with van der Waals surface area (Å²) in [5.74, 6) is 0.934. The summed E-state index contributed by atoms with van der Waals surface area (Å²) >= 11 is 0. The normalized spacial score (nSPS) is 14.0. The van der Waals surface area contributed by atoms with Gasteiger partial charge in [0.1, 0.15) is 11.6 Å². The fraction of sp³-hybridized carbons (Fsp3) is 0.273. The number of halogens is 1. The van der Waals surface area contributed by atoms with Crippen LogP contribution in [0, 0.1) is 19.7 Å². The van der Waals surface area contributed by atoms with Gasteiger partial charge in [0.25, 0.3) is 10.0 Å². The minimum Gasteiger partial charge on any atom is -0.341 e. The molecule has 0 unspecified atom stereocenters. The van der Waals surface area contributed by atoms with Crippen LogP contribution in [0.5, 0.6) is 0 Å². The molecule has 7 nitrogen and oxygen atoms in total. The molecule has 1 aromatic heterocycles. The van der Waals surface area contributed by atoms with E-state index in [1.807, 2.05) is 13.0 Å². The number of nitrogens with one attached hydrogen (secondary N) is 2. The van der Waals surface area contributed by atoms with Gasteiger partial charge in [-0.3, -0.25) is 4.72 Å². The smallest absolute Gasteiger partial charge is 0.262 e. The Morgan fingerprint density at radius 3 is 2.29 bits per heavy atom. The zero-order chi connectivity index (χ0) is 22.0. The highest BCUT2D eigenvalue weighted by atomic mass is 32.2. The van der Waals surface area contributed by atoms with Crippen molar-refractivity contribution in [1.82, 2.24) is 9.97 Å². The van der Waals surface area contributed by atoms with Crippen LogP contribution in [0.3, 0.4) is 0 Å². The van der Waals surface area contributed by atoms with Crippen molar-refractivity contribution in [2.24, 2.45) is 0 Å². The van der Waals surface area contributed by atoms with E-state index in [1.54, 1.807) is 31.2 Å². The predicted octanol–water partition coefficient (Wildman–Crippen LogP) is 4.38. The number of aromatic nitrogens is 2. The summed E-state index contributed by atoms with van der Waals surface area (Å²) in [7, 11) is -3.82. The molecule has 0 aliphatic carbocycles. The lowest BCUT2D eigenvalue weighted by Gasteiger charge is -2.17. The number of anilines is 4. The van der Waals surface area contributed by atoms with Gasteiger partial charge in [-0.15, -0.1) is 0 Å². The van der Waals surface area contributed by atoms with E-state index in [9.17, 15) is 12.8 Å². The summed E-state index contributed by atoms with van der Waals surface area (Å²) in [6.45, 7) is 5.42. The molecule has 1 aliphatic rings. The summed E-state index contributed by atoms with van der Waals surface area (Å²) in [6.07, 6.45) is 2.30. The molecular formula is C22H24FN5O2S. The van der Waals surface area contributed by atoms with Gasteiger partial charge < -0.3 is 10.2 Å². The lowest BCUT2D eigenvalue weighted by molar-refractivity contribution is 0.598. The van der Waals surface area contributed by atoms with Crippen molar-refractivity contribution in [3.8, 4) is 0 Å². The highest BCUT2D eigenvalue weighted by Gasteiger charge is 2.18. The average Bonchev–Trinajstić information content (AvgIpc) is 3.23. The molecule has 2 heterocycles. The molecule has 9 heteroatoms. The van der Waals surface area contributed by atoms with E-state index in [0.29, 0.717) is 17.1 Å². The third-order valence-corrected chi connectivity index (χ3v) is 6.61. The molecule has 0 spiro atoms. The standard InChI is InChI=1S/C22H24FN5O2S/c1-15-13-17(23)5-10-20(15)31(29,30)27-19-8-6-18(7-9-19)25-21-14-16(2)24-22(26-21)28-11-3-4-12-28/h5-10,13-14,27H,3-4,11-12H2,1-2H3,(H,24,25,26). The second kappa shape index (κ2) is 8.50. The third kappa shape index (κ3) is 4.93. The Bertz CT molecular complexity index is 1190. The largest absolute Gasteiger partial charge is 0.341 e. The van der Waals surface area contributed by atoms with Gasteiger partial charge in [0, 0.05) is 36.2 Å². The lowest BCUT2D eigenvalue weighted by atomic mass is 10.2. The molecule has 1 fully saturated rings. The van der Waals surface area contributed by atoms with Crippen molar-refractivity contribution in [2.75, 3.05) is 28.0 Å². The topological polar surface area (TPSA) is 87.2 Å². The number of aryl methyl sites for hydroxylation is 2.